The van der Waals surface area contributed by atoms with Gasteiger partial charge in [-0.15, -0.1) is 0 Å². The molecule has 6 nitrogen and oxygen atoms in total. The zero-order chi connectivity index (χ0) is 17.4. The van der Waals surface area contributed by atoms with Crippen LogP contribution in [0.15, 0.2) is 47.2 Å². The van der Waals surface area contributed by atoms with Crippen molar-refractivity contribution in [1.82, 2.24) is 15.1 Å². The first-order valence-corrected chi connectivity index (χ1v) is 8.24. The molecular formula is C19H18N4O2. The molecule has 1 fully saturated rings. The molecular weight excluding hydrogens is 316 g/mol. The molecule has 4 rings (SSSR count). The lowest BCUT2D eigenvalue weighted by Gasteiger charge is -2.21. The molecule has 1 aromatic carbocycles. The number of aryl methyl sites for hydroxylation is 2. The number of carbonyl (C=O) groups excluding carboxylic acids is 1. The van der Waals surface area contributed by atoms with Crippen LogP contribution in [0.2, 0.25) is 0 Å². The van der Waals surface area contributed by atoms with E-state index < -0.39 is 0 Å². The summed E-state index contributed by atoms with van der Waals surface area (Å²) in [6, 6.07) is 9.70. The number of benzene rings is 1. The van der Waals surface area contributed by atoms with Gasteiger partial charge in [-0.3, -0.25) is 9.78 Å². The van der Waals surface area contributed by atoms with Crippen LogP contribution in [0.4, 0.5) is 5.69 Å². The highest BCUT2D eigenvalue weighted by molar-refractivity contribution is 5.97. The number of hydrogen-bond donors (Lipinski definition) is 0. The second kappa shape index (κ2) is 6.12. The van der Waals surface area contributed by atoms with E-state index >= 15 is 0 Å². The molecule has 0 spiro atoms. The molecule has 0 N–H and O–H groups in total. The fraction of sp³-hybridized carbons (Fsp3) is 0.263. The Morgan fingerprint density at radius 1 is 1.12 bits per heavy atom. The van der Waals surface area contributed by atoms with Gasteiger partial charge in [-0.2, -0.15) is 4.98 Å². The maximum absolute atomic E-state index is 12.6. The van der Waals surface area contributed by atoms with Gasteiger partial charge in [-0.05, 0) is 37.1 Å². The topological polar surface area (TPSA) is 72.1 Å². The second-order valence-corrected chi connectivity index (χ2v) is 6.34. The molecule has 2 aromatic heterocycles. The van der Waals surface area contributed by atoms with Crippen LogP contribution in [0.3, 0.4) is 0 Å². The van der Waals surface area contributed by atoms with Gasteiger partial charge in [0.1, 0.15) is 0 Å². The predicted molar refractivity (Wildman–Crippen MR) is 93.2 cm³/mol. The van der Waals surface area contributed by atoms with Gasteiger partial charge in [0.05, 0.1) is 0 Å². The van der Waals surface area contributed by atoms with Gasteiger partial charge in [0, 0.05) is 42.5 Å². The number of rotatable bonds is 3. The molecule has 0 saturated carbocycles. The van der Waals surface area contributed by atoms with Crippen molar-refractivity contribution in [2.45, 2.75) is 26.2 Å². The summed E-state index contributed by atoms with van der Waals surface area (Å²) >= 11 is 0. The number of carbonyl (C=O) groups is 1. The molecule has 1 aliphatic heterocycles. The Morgan fingerprint density at radius 2 is 1.84 bits per heavy atom. The van der Waals surface area contributed by atoms with Gasteiger partial charge in [-0.1, -0.05) is 23.4 Å². The Morgan fingerprint density at radius 3 is 2.56 bits per heavy atom. The zero-order valence-electron chi connectivity index (χ0n) is 14.1. The monoisotopic (exact) mass is 334 g/mol. The van der Waals surface area contributed by atoms with E-state index in [1.165, 1.54) is 0 Å². The summed E-state index contributed by atoms with van der Waals surface area (Å²) in [6.07, 6.45) is 3.76. The summed E-state index contributed by atoms with van der Waals surface area (Å²) < 4.78 is 5.37. The lowest BCUT2D eigenvalue weighted by Crippen LogP contribution is -2.26. The van der Waals surface area contributed by atoms with Crippen LogP contribution in [0, 0.1) is 13.8 Å². The number of pyridine rings is 1. The van der Waals surface area contributed by atoms with E-state index in [2.05, 4.69) is 15.1 Å². The molecule has 1 amide bonds. The predicted octanol–water partition coefficient (Wildman–Crippen LogP) is 3.27. The van der Waals surface area contributed by atoms with E-state index in [1.54, 1.807) is 12.4 Å². The third-order valence-corrected chi connectivity index (χ3v) is 4.57. The van der Waals surface area contributed by atoms with Crippen molar-refractivity contribution < 1.29 is 9.32 Å². The maximum atomic E-state index is 12.6. The molecule has 1 atom stereocenters. The zero-order valence-corrected chi connectivity index (χ0v) is 14.1. The van der Waals surface area contributed by atoms with Gasteiger partial charge in [0.15, 0.2) is 5.82 Å². The highest BCUT2D eigenvalue weighted by Gasteiger charge is 2.35. The minimum Gasteiger partial charge on any atom is -0.334 e. The molecule has 126 valence electrons. The third-order valence-electron chi connectivity index (χ3n) is 4.57. The fourth-order valence-corrected chi connectivity index (χ4v) is 3.34. The Hall–Kier alpha value is -3.02. The Labute approximate surface area is 145 Å². The lowest BCUT2D eigenvalue weighted by atomic mass is 10.1. The number of amides is 1. The first-order valence-electron chi connectivity index (χ1n) is 8.24. The lowest BCUT2D eigenvalue weighted by molar-refractivity contribution is -0.117. The number of para-hydroxylation sites is 1. The van der Waals surface area contributed by atoms with E-state index in [9.17, 15) is 4.79 Å². The average molecular weight is 334 g/mol. The Bertz CT molecular complexity index is 900. The minimum absolute atomic E-state index is 0.0640. The minimum atomic E-state index is -0.0640. The summed E-state index contributed by atoms with van der Waals surface area (Å²) in [5.74, 6) is 1.06. The van der Waals surface area contributed by atoms with Crippen LogP contribution in [-0.4, -0.2) is 27.6 Å². The molecule has 0 aliphatic carbocycles. The van der Waals surface area contributed by atoms with Crippen LogP contribution >= 0.6 is 0 Å². The van der Waals surface area contributed by atoms with Gasteiger partial charge in [0.25, 0.3) is 5.89 Å². The molecule has 0 radical (unpaired) electrons. The van der Waals surface area contributed by atoms with Crippen molar-refractivity contribution in [1.29, 1.82) is 0 Å². The summed E-state index contributed by atoms with van der Waals surface area (Å²) in [6.45, 7) is 4.62. The van der Waals surface area contributed by atoms with Crippen molar-refractivity contribution in [3.63, 3.8) is 0 Å². The van der Waals surface area contributed by atoms with E-state index in [4.69, 9.17) is 4.52 Å². The first-order chi connectivity index (χ1) is 12.1. The van der Waals surface area contributed by atoms with Gasteiger partial charge < -0.3 is 9.42 Å². The molecule has 3 heterocycles. The molecule has 1 unspecified atom stereocenters. The fourth-order valence-electron chi connectivity index (χ4n) is 3.34. The third kappa shape index (κ3) is 2.80. The maximum Gasteiger partial charge on any atom is 0.258 e. The van der Waals surface area contributed by atoms with Crippen molar-refractivity contribution in [2.75, 3.05) is 11.4 Å². The van der Waals surface area contributed by atoms with Crippen LogP contribution < -0.4 is 4.90 Å². The molecule has 3 aromatic rings. The van der Waals surface area contributed by atoms with Crippen LogP contribution in [0.25, 0.3) is 11.5 Å². The van der Waals surface area contributed by atoms with Crippen molar-refractivity contribution in [3.05, 3.63) is 59.7 Å². The number of anilines is 1. The van der Waals surface area contributed by atoms with Crippen LogP contribution in [-0.2, 0) is 4.79 Å². The first kappa shape index (κ1) is 15.5. The smallest absolute Gasteiger partial charge is 0.258 e. The summed E-state index contributed by atoms with van der Waals surface area (Å²) in [5, 5.41) is 4.10. The molecule has 0 bridgehead atoms. The highest BCUT2D eigenvalue weighted by atomic mass is 16.5. The largest absolute Gasteiger partial charge is 0.334 e. The summed E-state index contributed by atoms with van der Waals surface area (Å²) in [7, 11) is 0. The molecule has 1 saturated heterocycles. The van der Waals surface area contributed by atoms with Gasteiger partial charge in [0.2, 0.25) is 5.91 Å². The second-order valence-electron chi connectivity index (χ2n) is 6.34. The highest BCUT2D eigenvalue weighted by Crippen LogP contribution is 2.34. The Kier molecular flexibility index (Phi) is 3.80. The van der Waals surface area contributed by atoms with Crippen LogP contribution in [0.5, 0.6) is 0 Å². The van der Waals surface area contributed by atoms with Crippen molar-refractivity contribution in [3.8, 4) is 11.5 Å². The van der Waals surface area contributed by atoms with Crippen molar-refractivity contribution >= 4 is 11.6 Å². The summed E-state index contributed by atoms with van der Waals surface area (Å²) in [5.41, 5.74) is 4.01. The average Bonchev–Trinajstić information content (AvgIpc) is 3.23. The standard InChI is InChI=1S/C19H18N4O2/c1-12-4-3-5-13(2)17(12)23-11-15(10-16(23)24)18-21-19(25-22-18)14-6-8-20-9-7-14/h3-9,15H,10-11H2,1-2H3. The van der Waals surface area contributed by atoms with E-state index in [0.29, 0.717) is 24.7 Å². The molecule has 25 heavy (non-hydrogen) atoms. The normalized spacial score (nSPS) is 17.3. The SMILES string of the molecule is Cc1cccc(C)c1N1CC(c2noc(-c3ccncc3)n2)CC1=O. The van der Waals surface area contributed by atoms with Crippen LogP contribution in [0.1, 0.15) is 29.3 Å². The molecule has 6 heteroatoms. The van der Waals surface area contributed by atoms with Gasteiger partial charge in [-0.25, -0.2) is 0 Å². The Balaban J connectivity index is 1.60. The van der Waals surface area contributed by atoms with Gasteiger partial charge >= 0.3 is 0 Å². The van der Waals surface area contributed by atoms with E-state index in [0.717, 1.165) is 22.4 Å². The quantitative estimate of drug-likeness (QED) is 0.735. The number of nitrogens with zero attached hydrogens (tertiary/aromatic N) is 4. The number of hydrogen-bond acceptors (Lipinski definition) is 5. The molecule has 1 aliphatic rings. The van der Waals surface area contributed by atoms with E-state index in [-0.39, 0.29) is 11.8 Å². The van der Waals surface area contributed by atoms with E-state index in [1.807, 2.05) is 49.1 Å². The van der Waals surface area contributed by atoms with Crippen molar-refractivity contribution in [2.24, 2.45) is 0 Å². The number of aromatic nitrogens is 3. The summed E-state index contributed by atoms with van der Waals surface area (Å²) in [4.78, 5) is 22.9.